The van der Waals surface area contributed by atoms with Crippen LogP contribution < -0.4 is 5.32 Å². The minimum atomic E-state index is -0.0682. The van der Waals surface area contributed by atoms with Crippen molar-refractivity contribution in [3.8, 4) is 0 Å². The summed E-state index contributed by atoms with van der Waals surface area (Å²) < 4.78 is 5.09. The second-order valence-corrected chi connectivity index (χ2v) is 3.94. The first kappa shape index (κ1) is 14.4. The van der Waals surface area contributed by atoms with Gasteiger partial charge in [0.05, 0.1) is 6.61 Å². The highest BCUT2D eigenvalue weighted by Crippen LogP contribution is 1.96. The molecule has 4 heteroatoms. The largest absolute Gasteiger partial charge is 0.466 e. The van der Waals surface area contributed by atoms with Crippen LogP contribution in [-0.2, 0) is 9.53 Å². The van der Waals surface area contributed by atoms with Crippen molar-refractivity contribution in [2.24, 2.45) is 0 Å². The van der Waals surface area contributed by atoms with Crippen molar-refractivity contribution in [2.75, 3.05) is 40.8 Å². The number of nitrogens with one attached hydrogen (secondary N) is 1. The quantitative estimate of drug-likeness (QED) is 0.459. The molecule has 1 N–H and O–H groups in total. The summed E-state index contributed by atoms with van der Waals surface area (Å²) in [4.78, 5) is 13.3. The summed E-state index contributed by atoms with van der Waals surface area (Å²) in [5.41, 5.74) is 0. The number of carbonyl (C=O) groups excluding carboxylic acids is 1. The second kappa shape index (κ2) is 9.93. The monoisotopic (exact) mass is 216 g/mol. The van der Waals surface area contributed by atoms with Crippen molar-refractivity contribution in [3.05, 3.63) is 0 Å². The lowest BCUT2D eigenvalue weighted by Gasteiger charge is -2.08. The van der Waals surface area contributed by atoms with Gasteiger partial charge < -0.3 is 15.0 Å². The molecular weight excluding hydrogens is 192 g/mol. The van der Waals surface area contributed by atoms with Gasteiger partial charge in [0.1, 0.15) is 0 Å². The third kappa shape index (κ3) is 11.3. The Morgan fingerprint density at radius 1 is 1.27 bits per heavy atom. The van der Waals surface area contributed by atoms with E-state index in [1.165, 1.54) is 0 Å². The maximum atomic E-state index is 11.2. The number of unbranched alkanes of at least 4 members (excludes halogenated alkanes) is 1. The van der Waals surface area contributed by atoms with Gasteiger partial charge in [-0.25, -0.2) is 0 Å². The van der Waals surface area contributed by atoms with Crippen LogP contribution in [0.25, 0.3) is 0 Å². The first-order chi connectivity index (χ1) is 7.16. The molecule has 0 heterocycles. The summed E-state index contributed by atoms with van der Waals surface area (Å²) in [6.07, 6.45) is 3.41. The average molecular weight is 216 g/mol. The van der Waals surface area contributed by atoms with Crippen molar-refractivity contribution < 1.29 is 9.53 Å². The zero-order chi connectivity index (χ0) is 11.5. The van der Waals surface area contributed by atoms with Gasteiger partial charge in [-0.2, -0.15) is 0 Å². The van der Waals surface area contributed by atoms with Crippen molar-refractivity contribution in [3.63, 3.8) is 0 Å². The first-order valence-corrected chi connectivity index (χ1v) is 5.61. The molecular formula is C11H24N2O2. The molecule has 90 valence electrons. The van der Waals surface area contributed by atoms with Gasteiger partial charge >= 0.3 is 5.97 Å². The molecule has 0 aromatic carbocycles. The van der Waals surface area contributed by atoms with Crippen molar-refractivity contribution in [2.45, 2.75) is 25.7 Å². The van der Waals surface area contributed by atoms with Crippen LogP contribution in [0.5, 0.6) is 0 Å². The Hall–Kier alpha value is -0.610. The van der Waals surface area contributed by atoms with E-state index in [2.05, 4.69) is 10.2 Å². The third-order valence-electron chi connectivity index (χ3n) is 2.07. The summed E-state index contributed by atoms with van der Waals surface area (Å²) >= 11 is 0. The molecule has 0 aliphatic carbocycles. The van der Waals surface area contributed by atoms with E-state index in [0.717, 1.165) is 32.4 Å². The fraction of sp³-hybridized carbons (Fsp3) is 0.909. The van der Waals surface area contributed by atoms with E-state index in [1.54, 1.807) is 0 Å². The number of carbonyl (C=O) groups is 1. The molecule has 0 aliphatic rings. The Bertz CT molecular complexity index is 161. The van der Waals surface area contributed by atoms with Crippen LogP contribution in [-0.4, -0.2) is 51.7 Å². The Morgan fingerprint density at radius 2 is 2.00 bits per heavy atom. The smallest absolute Gasteiger partial charge is 0.305 e. The van der Waals surface area contributed by atoms with Gasteiger partial charge in [0.2, 0.25) is 0 Å². The topological polar surface area (TPSA) is 41.6 Å². The van der Waals surface area contributed by atoms with Crippen LogP contribution in [0.1, 0.15) is 25.7 Å². The van der Waals surface area contributed by atoms with E-state index in [9.17, 15) is 4.79 Å². The second-order valence-electron chi connectivity index (χ2n) is 3.94. The Balaban J connectivity index is 3.19. The van der Waals surface area contributed by atoms with Gasteiger partial charge in [-0.1, -0.05) is 0 Å². The Morgan fingerprint density at radius 3 is 2.60 bits per heavy atom. The Labute approximate surface area is 93.0 Å². The zero-order valence-corrected chi connectivity index (χ0v) is 10.2. The highest BCUT2D eigenvalue weighted by atomic mass is 16.5. The highest BCUT2D eigenvalue weighted by molar-refractivity contribution is 5.69. The number of nitrogens with zero attached hydrogens (tertiary/aromatic N) is 1. The van der Waals surface area contributed by atoms with Gasteiger partial charge in [-0.3, -0.25) is 4.79 Å². The van der Waals surface area contributed by atoms with Crippen molar-refractivity contribution >= 4 is 5.97 Å². The van der Waals surface area contributed by atoms with Gasteiger partial charge in [0, 0.05) is 6.42 Å². The molecule has 0 amide bonds. The number of hydrogen-bond acceptors (Lipinski definition) is 4. The van der Waals surface area contributed by atoms with Gasteiger partial charge in [0.25, 0.3) is 0 Å². The van der Waals surface area contributed by atoms with Crippen LogP contribution in [0, 0.1) is 0 Å². The lowest BCUT2D eigenvalue weighted by atomic mass is 10.3. The Kier molecular flexibility index (Phi) is 9.52. The molecule has 15 heavy (non-hydrogen) atoms. The molecule has 0 aromatic heterocycles. The van der Waals surface area contributed by atoms with Gasteiger partial charge in [-0.15, -0.1) is 0 Å². The third-order valence-corrected chi connectivity index (χ3v) is 2.07. The molecule has 4 nitrogen and oxygen atoms in total. The summed E-state index contributed by atoms with van der Waals surface area (Å²) in [6.45, 7) is 2.48. The highest BCUT2D eigenvalue weighted by Gasteiger charge is 2.02. The minimum Gasteiger partial charge on any atom is -0.466 e. The average Bonchev–Trinajstić information content (AvgIpc) is 2.17. The maximum Gasteiger partial charge on any atom is 0.305 e. The molecule has 0 aliphatic heterocycles. The van der Waals surface area contributed by atoms with E-state index >= 15 is 0 Å². The summed E-state index contributed by atoms with van der Waals surface area (Å²) in [5, 5.41) is 3.06. The molecule has 0 saturated heterocycles. The van der Waals surface area contributed by atoms with Crippen LogP contribution in [0.4, 0.5) is 0 Å². The minimum absolute atomic E-state index is 0.0682. The molecule has 0 atom stereocenters. The standard InChI is InChI=1S/C11H24N2O2/c1-12-8-4-5-10-15-11(14)7-6-9-13(2)3/h12H,4-10H2,1-3H3. The van der Waals surface area contributed by atoms with E-state index in [0.29, 0.717) is 13.0 Å². The lowest BCUT2D eigenvalue weighted by Crippen LogP contribution is -2.15. The van der Waals surface area contributed by atoms with Crippen molar-refractivity contribution in [1.29, 1.82) is 0 Å². The van der Waals surface area contributed by atoms with Gasteiger partial charge in [-0.05, 0) is 53.5 Å². The van der Waals surface area contributed by atoms with E-state index in [1.807, 2.05) is 21.1 Å². The van der Waals surface area contributed by atoms with E-state index in [-0.39, 0.29) is 5.97 Å². The molecule has 0 spiro atoms. The molecule has 0 aromatic rings. The predicted octanol–water partition coefficient (Wildman–Crippen LogP) is 0.871. The number of esters is 1. The van der Waals surface area contributed by atoms with E-state index in [4.69, 9.17) is 4.74 Å². The van der Waals surface area contributed by atoms with Gasteiger partial charge in [0.15, 0.2) is 0 Å². The zero-order valence-electron chi connectivity index (χ0n) is 10.2. The van der Waals surface area contributed by atoms with E-state index < -0.39 is 0 Å². The molecule has 0 rings (SSSR count). The van der Waals surface area contributed by atoms with Crippen LogP contribution in [0.3, 0.4) is 0 Å². The molecule has 0 unspecified atom stereocenters. The molecule has 0 fully saturated rings. The fourth-order valence-corrected chi connectivity index (χ4v) is 1.20. The first-order valence-electron chi connectivity index (χ1n) is 5.61. The van der Waals surface area contributed by atoms with Crippen LogP contribution in [0.15, 0.2) is 0 Å². The molecule has 0 radical (unpaired) electrons. The van der Waals surface area contributed by atoms with Crippen molar-refractivity contribution in [1.82, 2.24) is 10.2 Å². The van der Waals surface area contributed by atoms with Crippen LogP contribution in [0.2, 0.25) is 0 Å². The fourth-order valence-electron chi connectivity index (χ4n) is 1.20. The number of hydrogen-bond donors (Lipinski definition) is 1. The normalized spacial score (nSPS) is 10.7. The number of ether oxygens (including phenoxy) is 1. The summed E-state index contributed by atoms with van der Waals surface area (Å²) in [5.74, 6) is -0.0682. The maximum absolute atomic E-state index is 11.2. The number of rotatable bonds is 9. The SMILES string of the molecule is CNCCCCOC(=O)CCCN(C)C. The summed E-state index contributed by atoms with van der Waals surface area (Å²) in [6, 6.07) is 0. The predicted molar refractivity (Wildman–Crippen MR) is 61.9 cm³/mol. The molecule has 0 bridgehead atoms. The molecule has 0 saturated carbocycles. The lowest BCUT2D eigenvalue weighted by molar-refractivity contribution is -0.143. The summed E-state index contributed by atoms with van der Waals surface area (Å²) in [7, 11) is 5.93. The van der Waals surface area contributed by atoms with Crippen LogP contribution >= 0.6 is 0 Å².